The Bertz CT molecular complexity index is 971. The Labute approximate surface area is 156 Å². The zero-order valence-electron chi connectivity index (χ0n) is 15.3. The Morgan fingerprint density at radius 1 is 1.00 bits per heavy atom. The smallest absolute Gasteiger partial charge is 0.356 e. The number of carbonyl (C=O) groups excluding carboxylic acids is 2. The third-order valence-electron chi connectivity index (χ3n) is 4.08. The summed E-state index contributed by atoms with van der Waals surface area (Å²) in [5.41, 5.74) is 1.48. The molecule has 0 aliphatic rings. The van der Waals surface area contributed by atoms with Gasteiger partial charge in [0, 0.05) is 10.9 Å². The van der Waals surface area contributed by atoms with Crippen molar-refractivity contribution in [3.8, 4) is 11.5 Å². The number of nitrogens with one attached hydrogen (secondary N) is 2. The van der Waals surface area contributed by atoms with Gasteiger partial charge in [0.25, 0.3) is 5.91 Å². The van der Waals surface area contributed by atoms with Crippen molar-refractivity contribution in [2.45, 2.75) is 6.92 Å². The van der Waals surface area contributed by atoms with E-state index >= 15 is 0 Å². The number of benzene rings is 2. The van der Waals surface area contributed by atoms with Crippen molar-refractivity contribution in [2.24, 2.45) is 0 Å². The van der Waals surface area contributed by atoms with Gasteiger partial charge in [-0.1, -0.05) is 24.3 Å². The predicted octanol–water partition coefficient (Wildman–Crippen LogP) is 3.61. The number of esters is 1. The van der Waals surface area contributed by atoms with Gasteiger partial charge in [0.15, 0.2) is 0 Å². The fourth-order valence-corrected chi connectivity index (χ4v) is 2.88. The van der Waals surface area contributed by atoms with E-state index in [1.165, 1.54) is 14.2 Å². The minimum absolute atomic E-state index is 0.181. The van der Waals surface area contributed by atoms with E-state index in [4.69, 9.17) is 14.2 Å². The average molecular weight is 368 g/mol. The number of fused-ring (bicyclic) bond motifs is 1. The summed E-state index contributed by atoms with van der Waals surface area (Å²) in [6.45, 7) is 1.94. The van der Waals surface area contributed by atoms with E-state index in [1.54, 1.807) is 25.1 Å². The molecule has 2 aromatic carbocycles. The Morgan fingerprint density at radius 3 is 2.30 bits per heavy atom. The molecule has 7 nitrogen and oxygen atoms in total. The van der Waals surface area contributed by atoms with Gasteiger partial charge in [-0.2, -0.15) is 0 Å². The molecule has 0 saturated carbocycles. The van der Waals surface area contributed by atoms with Crippen LogP contribution in [0.15, 0.2) is 42.5 Å². The van der Waals surface area contributed by atoms with Gasteiger partial charge in [-0.25, -0.2) is 4.79 Å². The predicted molar refractivity (Wildman–Crippen MR) is 102 cm³/mol. The molecule has 1 heterocycles. The van der Waals surface area contributed by atoms with Crippen molar-refractivity contribution in [1.82, 2.24) is 4.98 Å². The maximum Gasteiger partial charge on any atom is 0.356 e. The first-order valence-electron chi connectivity index (χ1n) is 8.40. The van der Waals surface area contributed by atoms with Crippen LogP contribution in [0.5, 0.6) is 11.5 Å². The van der Waals surface area contributed by atoms with Crippen LogP contribution in [0.3, 0.4) is 0 Å². The van der Waals surface area contributed by atoms with Crippen molar-refractivity contribution in [2.75, 3.05) is 26.1 Å². The molecule has 0 aliphatic heterocycles. The summed E-state index contributed by atoms with van der Waals surface area (Å²) in [7, 11) is 2.95. The normalized spacial score (nSPS) is 10.5. The molecule has 0 bridgehead atoms. The van der Waals surface area contributed by atoms with E-state index in [0.717, 1.165) is 0 Å². The monoisotopic (exact) mass is 368 g/mol. The third kappa shape index (κ3) is 3.44. The van der Waals surface area contributed by atoms with Gasteiger partial charge < -0.3 is 24.5 Å². The summed E-state index contributed by atoms with van der Waals surface area (Å²) < 4.78 is 15.7. The molecule has 7 heteroatoms. The Kier molecular flexibility index (Phi) is 5.30. The topological polar surface area (TPSA) is 89.7 Å². The molecule has 1 amide bonds. The average Bonchev–Trinajstić information content (AvgIpc) is 3.06. The standard InChI is InChI=1S/C20H20N2O5/c1-4-27-20(24)18-17(12-8-5-6-9-13(12)21-18)22-19(23)16-14(25-2)10-7-11-15(16)26-3/h5-11,21H,4H2,1-3H3,(H,22,23). The van der Waals surface area contributed by atoms with Crippen LogP contribution in [0.2, 0.25) is 0 Å². The van der Waals surface area contributed by atoms with E-state index in [1.807, 2.05) is 24.3 Å². The van der Waals surface area contributed by atoms with Gasteiger partial charge >= 0.3 is 5.97 Å². The number of anilines is 1. The van der Waals surface area contributed by atoms with E-state index < -0.39 is 11.9 Å². The molecule has 27 heavy (non-hydrogen) atoms. The molecule has 140 valence electrons. The molecule has 0 spiro atoms. The van der Waals surface area contributed by atoms with Crippen LogP contribution in [0.4, 0.5) is 5.69 Å². The molecule has 0 radical (unpaired) electrons. The first-order valence-corrected chi connectivity index (χ1v) is 8.40. The summed E-state index contributed by atoms with van der Waals surface area (Å²) in [5, 5.41) is 3.50. The summed E-state index contributed by atoms with van der Waals surface area (Å²) in [4.78, 5) is 28.4. The Balaban J connectivity index is 2.08. The van der Waals surface area contributed by atoms with Crippen LogP contribution in [-0.2, 0) is 4.74 Å². The molecular weight excluding hydrogens is 348 g/mol. The summed E-state index contributed by atoms with van der Waals surface area (Å²) in [6.07, 6.45) is 0. The second-order valence-electron chi connectivity index (χ2n) is 5.63. The van der Waals surface area contributed by atoms with Crippen molar-refractivity contribution in [1.29, 1.82) is 0 Å². The first-order chi connectivity index (χ1) is 13.1. The molecule has 0 unspecified atom stereocenters. The van der Waals surface area contributed by atoms with E-state index in [2.05, 4.69) is 10.3 Å². The largest absolute Gasteiger partial charge is 0.496 e. The van der Waals surface area contributed by atoms with Gasteiger partial charge in [-0.15, -0.1) is 0 Å². The van der Waals surface area contributed by atoms with E-state index in [0.29, 0.717) is 28.1 Å². The number of amides is 1. The summed E-state index contributed by atoms with van der Waals surface area (Å²) in [5.74, 6) is -0.274. The highest BCUT2D eigenvalue weighted by Gasteiger charge is 2.24. The quantitative estimate of drug-likeness (QED) is 0.649. The maximum absolute atomic E-state index is 13.0. The van der Waals surface area contributed by atoms with E-state index in [-0.39, 0.29) is 17.9 Å². The van der Waals surface area contributed by atoms with Crippen LogP contribution in [0.25, 0.3) is 10.9 Å². The molecule has 1 aromatic heterocycles. The lowest BCUT2D eigenvalue weighted by atomic mass is 10.1. The third-order valence-corrected chi connectivity index (χ3v) is 4.08. The van der Waals surface area contributed by atoms with Crippen molar-refractivity contribution in [3.63, 3.8) is 0 Å². The highest BCUT2D eigenvalue weighted by Crippen LogP contribution is 2.32. The van der Waals surface area contributed by atoms with E-state index in [9.17, 15) is 9.59 Å². The van der Waals surface area contributed by atoms with Crippen LogP contribution < -0.4 is 14.8 Å². The number of aromatic nitrogens is 1. The minimum atomic E-state index is -0.545. The minimum Gasteiger partial charge on any atom is -0.496 e. The van der Waals surface area contributed by atoms with Gasteiger partial charge in [0.2, 0.25) is 0 Å². The molecule has 3 rings (SSSR count). The number of rotatable bonds is 6. The fraction of sp³-hybridized carbons (Fsp3) is 0.200. The zero-order chi connectivity index (χ0) is 19.4. The number of H-pyrrole nitrogens is 1. The first kappa shape index (κ1) is 18.3. The van der Waals surface area contributed by atoms with Gasteiger partial charge in [0.1, 0.15) is 22.8 Å². The number of methoxy groups -OCH3 is 2. The highest BCUT2D eigenvalue weighted by molar-refractivity contribution is 6.16. The number of hydrogen-bond acceptors (Lipinski definition) is 5. The van der Waals surface area contributed by atoms with Crippen LogP contribution in [-0.4, -0.2) is 37.7 Å². The molecular formula is C20H20N2O5. The fourth-order valence-electron chi connectivity index (χ4n) is 2.88. The lowest BCUT2D eigenvalue weighted by Gasteiger charge is -2.13. The number of aromatic amines is 1. The highest BCUT2D eigenvalue weighted by atomic mass is 16.5. The SMILES string of the molecule is CCOC(=O)c1[nH]c2ccccc2c1NC(=O)c1c(OC)cccc1OC. The Morgan fingerprint density at radius 2 is 1.67 bits per heavy atom. The molecule has 2 N–H and O–H groups in total. The van der Waals surface area contributed by atoms with Crippen LogP contribution in [0, 0.1) is 0 Å². The lowest BCUT2D eigenvalue weighted by molar-refractivity contribution is 0.0522. The molecule has 0 fully saturated rings. The van der Waals surface area contributed by atoms with Crippen molar-refractivity contribution in [3.05, 3.63) is 53.7 Å². The number of para-hydroxylation sites is 1. The number of hydrogen-bond donors (Lipinski definition) is 2. The van der Waals surface area contributed by atoms with Crippen LogP contribution in [0.1, 0.15) is 27.8 Å². The van der Waals surface area contributed by atoms with Crippen molar-refractivity contribution < 1.29 is 23.8 Å². The maximum atomic E-state index is 13.0. The van der Waals surface area contributed by atoms with Gasteiger partial charge in [-0.05, 0) is 25.1 Å². The van der Waals surface area contributed by atoms with Crippen molar-refractivity contribution >= 4 is 28.5 Å². The molecule has 0 saturated heterocycles. The summed E-state index contributed by atoms with van der Waals surface area (Å²) in [6, 6.07) is 12.3. The zero-order valence-corrected chi connectivity index (χ0v) is 15.3. The van der Waals surface area contributed by atoms with Crippen LogP contribution >= 0.6 is 0 Å². The van der Waals surface area contributed by atoms with Gasteiger partial charge in [-0.3, -0.25) is 4.79 Å². The van der Waals surface area contributed by atoms with Gasteiger partial charge in [0.05, 0.1) is 26.5 Å². The molecule has 3 aromatic rings. The lowest BCUT2D eigenvalue weighted by Crippen LogP contribution is -2.17. The second-order valence-corrected chi connectivity index (χ2v) is 5.63. The molecule has 0 atom stereocenters. The Hall–Kier alpha value is -3.48. The summed E-state index contributed by atoms with van der Waals surface area (Å²) >= 11 is 0. The molecule has 0 aliphatic carbocycles. The second kappa shape index (κ2) is 7.82. The number of ether oxygens (including phenoxy) is 3. The number of carbonyl (C=O) groups is 2.